The molecule has 2 rings (SSSR count). The van der Waals surface area contributed by atoms with Gasteiger partial charge in [-0.3, -0.25) is 4.79 Å². The number of carbonyl (C=O) groups is 2. The first-order valence-electron chi connectivity index (χ1n) is 8.41. The van der Waals surface area contributed by atoms with Gasteiger partial charge in [0.25, 0.3) is 0 Å². The Morgan fingerprint density at radius 2 is 1.60 bits per heavy atom. The molecule has 0 fully saturated rings. The number of benzene rings is 2. The van der Waals surface area contributed by atoms with Crippen molar-refractivity contribution in [3.05, 3.63) is 65.7 Å². The Labute approximate surface area is 148 Å². The van der Waals surface area contributed by atoms with Gasteiger partial charge in [-0.25, -0.2) is 4.79 Å². The zero-order valence-corrected chi connectivity index (χ0v) is 14.9. The molecular weight excluding hydrogens is 314 g/mol. The molecule has 0 aliphatic rings. The third-order valence-corrected chi connectivity index (χ3v) is 3.85. The number of nitrogens with one attached hydrogen (secondary N) is 3. The summed E-state index contributed by atoms with van der Waals surface area (Å²) in [6, 6.07) is 16.1. The predicted octanol–water partition coefficient (Wildman–Crippen LogP) is 3.46. The Balaban J connectivity index is 1.91. The van der Waals surface area contributed by atoms with E-state index in [1.807, 2.05) is 63.2 Å². The van der Waals surface area contributed by atoms with Crippen LogP contribution in [0.1, 0.15) is 25.0 Å². The summed E-state index contributed by atoms with van der Waals surface area (Å²) in [5.41, 5.74) is 2.88. The van der Waals surface area contributed by atoms with Crippen LogP contribution in [0, 0.1) is 12.8 Å². The van der Waals surface area contributed by atoms with Gasteiger partial charge >= 0.3 is 6.03 Å². The monoisotopic (exact) mass is 339 g/mol. The molecule has 0 saturated carbocycles. The van der Waals surface area contributed by atoms with Crippen LogP contribution >= 0.6 is 0 Å². The first-order valence-corrected chi connectivity index (χ1v) is 8.41. The van der Waals surface area contributed by atoms with Crippen LogP contribution in [0.2, 0.25) is 0 Å². The van der Waals surface area contributed by atoms with Crippen molar-refractivity contribution >= 4 is 17.6 Å². The smallest absolute Gasteiger partial charge is 0.319 e. The van der Waals surface area contributed by atoms with E-state index in [1.54, 1.807) is 12.1 Å². The van der Waals surface area contributed by atoms with Crippen LogP contribution in [0.5, 0.6) is 0 Å². The highest BCUT2D eigenvalue weighted by Crippen LogP contribution is 2.07. The van der Waals surface area contributed by atoms with E-state index < -0.39 is 12.1 Å². The lowest BCUT2D eigenvalue weighted by molar-refractivity contribution is -0.124. The number of amides is 3. The molecule has 25 heavy (non-hydrogen) atoms. The Kier molecular flexibility index (Phi) is 6.57. The van der Waals surface area contributed by atoms with Crippen LogP contribution in [0.25, 0.3) is 0 Å². The number of rotatable bonds is 6. The maximum Gasteiger partial charge on any atom is 0.319 e. The molecule has 0 aliphatic heterocycles. The van der Waals surface area contributed by atoms with Crippen LogP contribution in [-0.2, 0) is 11.3 Å². The molecule has 0 heterocycles. The first kappa shape index (κ1) is 18.5. The predicted molar refractivity (Wildman–Crippen MR) is 100 cm³/mol. The van der Waals surface area contributed by atoms with Crippen molar-refractivity contribution in [2.45, 2.75) is 33.4 Å². The molecule has 5 nitrogen and oxygen atoms in total. The van der Waals surface area contributed by atoms with Crippen LogP contribution in [0.4, 0.5) is 10.5 Å². The summed E-state index contributed by atoms with van der Waals surface area (Å²) in [4.78, 5) is 24.6. The van der Waals surface area contributed by atoms with Crippen LogP contribution in [0.15, 0.2) is 54.6 Å². The molecule has 2 aromatic carbocycles. The number of anilines is 1. The second kappa shape index (κ2) is 8.87. The lowest BCUT2D eigenvalue weighted by Crippen LogP contribution is -2.50. The molecule has 3 amide bonds. The fourth-order valence-corrected chi connectivity index (χ4v) is 2.37. The molecule has 1 unspecified atom stereocenters. The zero-order valence-electron chi connectivity index (χ0n) is 14.9. The summed E-state index contributed by atoms with van der Waals surface area (Å²) in [6.07, 6.45) is 0. The average molecular weight is 339 g/mol. The molecule has 3 N–H and O–H groups in total. The molecule has 5 heteroatoms. The van der Waals surface area contributed by atoms with Gasteiger partial charge in [0.2, 0.25) is 5.91 Å². The minimum atomic E-state index is -0.603. The van der Waals surface area contributed by atoms with E-state index in [4.69, 9.17) is 0 Å². The van der Waals surface area contributed by atoms with Crippen molar-refractivity contribution < 1.29 is 9.59 Å². The maximum absolute atomic E-state index is 12.5. The number of hydrogen-bond donors (Lipinski definition) is 3. The largest absolute Gasteiger partial charge is 0.350 e. The zero-order chi connectivity index (χ0) is 18.2. The van der Waals surface area contributed by atoms with Gasteiger partial charge in [-0.2, -0.15) is 0 Å². The van der Waals surface area contributed by atoms with Crippen molar-refractivity contribution in [1.29, 1.82) is 0 Å². The topological polar surface area (TPSA) is 70.2 Å². The molecule has 0 aliphatic carbocycles. The molecule has 0 saturated heterocycles. The molecule has 1 atom stereocenters. The Morgan fingerprint density at radius 1 is 0.960 bits per heavy atom. The van der Waals surface area contributed by atoms with Crippen molar-refractivity contribution in [2.75, 3.05) is 5.32 Å². The van der Waals surface area contributed by atoms with Gasteiger partial charge in [0, 0.05) is 12.2 Å². The van der Waals surface area contributed by atoms with E-state index in [0.717, 1.165) is 5.56 Å². The van der Waals surface area contributed by atoms with Crippen molar-refractivity contribution in [1.82, 2.24) is 10.6 Å². The van der Waals surface area contributed by atoms with Gasteiger partial charge in [-0.1, -0.05) is 61.9 Å². The van der Waals surface area contributed by atoms with Gasteiger partial charge in [-0.05, 0) is 30.5 Å². The van der Waals surface area contributed by atoms with Crippen LogP contribution in [-0.4, -0.2) is 18.0 Å². The van der Waals surface area contributed by atoms with Crippen molar-refractivity contribution in [3.63, 3.8) is 0 Å². The molecule has 132 valence electrons. The van der Waals surface area contributed by atoms with Crippen molar-refractivity contribution in [2.24, 2.45) is 5.92 Å². The van der Waals surface area contributed by atoms with Crippen LogP contribution < -0.4 is 16.0 Å². The van der Waals surface area contributed by atoms with E-state index in [9.17, 15) is 9.59 Å². The highest BCUT2D eigenvalue weighted by Gasteiger charge is 2.23. The minimum absolute atomic E-state index is 0.0282. The third kappa shape index (κ3) is 5.95. The maximum atomic E-state index is 12.5. The summed E-state index contributed by atoms with van der Waals surface area (Å²) in [7, 11) is 0. The third-order valence-electron chi connectivity index (χ3n) is 3.85. The quantitative estimate of drug-likeness (QED) is 0.754. The summed E-state index contributed by atoms with van der Waals surface area (Å²) >= 11 is 0. The van der Waals surface area contributed by atoms with Crippen LogP contribution in [0.3, 0.4) is 0 Å². The average Bonchev–Trinajstić information content (AvgIpc) is 2.59. The lowest BCUT2D eigenvalue weighted by Gasteiger charge is -2.22. The van der Waals surface area contributed by atoms with Gasteiger partial charge < -0.3 is 16.0 Å². The standard InChI is InChI=1S/C20H25N3O2/c1-14(2)18(23-20(25)22-17-7-5-4-6-8-17)19(24)21-13-16-11-9-15(3)10-12-16/h4-12,14,18H,13H2,1-3H3,(H,21,24)(H2,22,23,25). The Morgan fingerprint density at radius 3 is 2.20 bits per heavy atom. The lowest BCUT2D eigenvalue weighted by atomic mass is 10.0. The number of hydrogen-bond acceptors (Lipinski definition) is 2. The SMILES string of the molecule is Cc1ccc(CNC(=O)C(NC(=O)Nc2ccccc2)C(C)C)cc1. The second-order valence-electron chi connectivity index (χ2n) is 6.39. The normalized spacial score (nSPS) is 11.7. The minimum Gasteiger partial charge on any atom is -0.350 e. The van der Waals surface area contributed by atoms with Gasteiger partial charge in [-0.15, -0.1) is 0 Å². The number of carbonyl (C=O) groups excluding carboxylic acids is 2. The fraction of sp³-hybridized carbons (Fsp3) is 0.300. The molecule has 2 aromatic rings. The molecule has 0 aromatic heterocycles. The summed E-state index contributed by atoms with van der Waals surface area (Å²) < 4.78 is 0. The molecule has 0 spiro atoms. The molecule has 0 bridgehead atoms. The Bertz CT molecular complexity index is 697. The van der Waals surface area contributed by atoms with E-state index in [1.165, 1.54) is 5.56 Å². The molecular formula is C20H25N3O2. The first-order chi connectivity index (χ1) is 12.0. The summed E-state index contributed by atoms with van der Waals surface area (Å²) in [6.45, 7) is 6.26. The van der Waals surface area contributed by atoms with E-state index in [2.05, 4.69) is 16.0 Å². The highest BCUT2D eigenvalue weighted by molar-refractivity contribution is 5.93. The number of aryl methyl sites for hydroxylation is 1. The molecule has 0 radical (unpaired) electrons. The number of para-hydroxylation sites is 1. The van der Waals surface area contributed by atoms with Crippen molar-refractivity contribution in [3.8, 4) is 0 Å². The highest BCUT2D eigenvalue weighted by atomic mass is 16.2. The summed E-state index contributed by atoms with van der Waals surface area (Å²) in [5.74, 6) is -0.224. The Hall–Kier alpha value is -2.82. The van der Waals surface area contributed by atoms with E-state index in [-0.39, 0.29) is 11.8 Å². The van der Waals surface area contributed by atoms with Gasteiger partial charge in [0.15, 0.2) is 0 Å². The van der Waals surface area contributed by atoms with Gasteiger partial charge in [0.1, 0.15) is 6.04 Å². The fourth-order valence-electron chi connectivity index (χ4n) is 2.37. The van der Waals surface area contributed by atoms with Gasteiger partial charge in [0.05, 0.1) is 0 Å². The second-order valence-corrected chi connectivity index (χ2v) is 6.39. The summed E-state index contributed by atoms with van der Waals surface area (Å²) in [5, 5.41) is 8.37. The number of urea groups is 1. The van der Waals surface area contributed by atoms with E-state index in [0.29, 0.717) is 12.2 Å². The van der Waals surface area contributed by atoms with E-state index >= 15 is 0 Å².